The van der Waals surface area contributed by atoms with Crippen LogP contribution in [0.25, 0.3) is 27.8 Å². The van der Waals surface area contributed by atoms with E-state index in [0.717, 1.165) is 46.2 Å². The molecule has 2 aromatic heterocycles. The Morgan fingerprint density at radius 1 is 0.868 bits per heavy atom. The van der Waals surface area contributed by atoms with Gasteiger partial charge in [-0.05, 0) is 109 Å². The highest BCUT2D eigenvalue weighted by Gasteiger charge is 2.55. The molecule has 0 bridgehead atoms. The number of aromatic nitrogens is 4. The van der Waals surface area contributed by atoms with E-state index in [2.05, 4.69) is 82.0 Å². The third-order valence-electron chi connectivity index (χ3n) is 10.5. The van der Waals surface area contributed by atoms with Crippen molar-refractivity contribution in [3.63, 3.8) is 0 Å². The van der Waals surface area contributed by atoms with Crippen molar-refractivity contribution in [2.45, 2.75) is 57.4 Å². The monoisotopic (exact) mass is 502 g/mol. The van der Waals surface area contributed by atoms with Gasteiger partial charge in [0.15, 0.2) is 0 Å². The van der Waals surface area contributed by atoms with Crippen LogP contribution in [0.15, 0.2) is 73.3 Å². The van der Waals surface area contributed by atoms with Gasteiger partial charge in [-0.25, -0.2) is 9.97 Å². The molecular formula is C33H34N4O. The topological polar surface area (TPSA) is 44.9 Å². The maximum absolute atomic E-state index is 6.02. The summed E-state index contributed by atoms with van der Waals surface area (Å²) in [5, 5.41) is 0. The molecule has 3 aliphatic carbocycles. The summed E-state index contributed by atoms with van der Waals surface area (Å²) < 4.78 is 10.7. The predicted molar refractivity (Wildman–Crippen MR) is 151 cm³/mol. The van der Waals surface area contributed by atoms with E-state index in [1.807, 2.05) is 12.4 Å². The van der Waals surface area contributed by atoms with Crippen molar-refractivity contribution in [2.75, 3.05) is 7.11 Å². The molecule has 0 aliphatic heterocycles. The Morgan fingerprint density at radius 2 is 1.63 bits per heavy atom. The molecule has 0 radical (unpaired) electrons. The van der Waals surface area contributed by atoms with E-state index in [0.29, 0.717) is 17.4 Å². The number of aryl methyl sites for hydroxylation is 1. The second kappa shape index (κ2) is 8.20. The number of methoxy groups -OCH3 is 1. The molecule has 0 amide bonds. The molecule has 5 heteroatoms. The molecule has 2 fully saturated rings. The van der Waals surface area contributed by atoms with Crippen LogP contribution in [0.1, 0.15) is 62.1 Å². The molecule has 0 N–H and O–H groups in total. The quantitative estimate of drug-likeness (QED) is 0.257. The average molecular weight is 503 g/mol. The minimum atomic E-state index is 0.321. The highest BCUT2D eigenvalue weighted by Crippen LogP contribution is 2.64. The maximum Gasteiger partial charge on any atom is 0.143 e. The number of ether oxygens (including phenoxy) is 1. The lowest BCUT2D eigenvalue weighted by Gasteiger charge is -2.51. The fourth-order valence-corrected chi connectivity index (χ4v) is 8.75. The Kier molecular flexibility index (Phi) is 4.83. The lowest BCUT2D eigenvalue weighted by molar-refractivity contribution is 0.0331. The van der Waals surface area contributed by atoms with Gasteiger partial charge in [-0.15, -0.1) is 0 Å². The Morgan fingerprint density at radius 3 is 2.47 bits per heavy atom. The summed E-state index contributed by atoms with van der Waals surface area (Å²) in [6, 6.07) is 22.3. The van der Waals surface area contributed by atoms with Gasteiger partial charge in [0.25, 0.3) is 0 Å². The number of fused-ring (bicyclic) bond motifs is 7. The number of imidazole rings is 2. The predicted octanol–water partition coefficient (Wildman–Crippen LogP) is 7.48. The van der Waals surface area contributed by atoms with Gasteiger partial charge in [0.1, 0.15) is 12.1 Å². The van der Waals surface area contributed by atoms with Crippen LogP contribution in [-0.4, -0.2) is 26.2 Å². The summed E-state index contributed by atoms with van der Waals surface area (Å²) in [5.74, 6) is 3.07. The van der Waals surface area contributed by atoms with Crippen molar-refractivity contribution >= 4 is 22.1 Å². The number of hydrogen-bond acceptors (Lipinski definition) is 3. The highest BCUT2D eigenvalue weighted by molar-refractivity contribution is 5.78. The van der Waals surface area contributed by atoms with Crippen LogP contribution in [0.4, 0.5) is 0 Å². The van der Waals surface area contributed by atoms with Gasteiger partial charge in [-0.2, -0.15) is 0 Å². The van der Waals surface area contributed by atoms with Gasteiger partial charge in [-0.1, -0.05) is 31.2 Å². The second-order valence-electron chi connectivity index (χ2n) is 12.0. The zero-order chi connectivity index (χ0) is 25.4. The Bertz CT molecular complexity index is 1680. The average Bonchev–Trinajstić information content (AvgIpc) is 3.66. The first-order chi connectivity index (χ1) is 18.7. The molecule has 8 rings (SSSR count). The van der Waals surface area contributed by atoms with Gasteiger partial charge in [0.2, 0.25) is 0 Å². The number of hydrogen-bond donors (Lipinski definition) is 0. The summed E-state index contributed by atoms with van der Waals surface area (Å²) in [6.45, 7) is 2.59. The molecule has 0 spiro atoms. The first kappa shape index (κ1) is 22.4. The molecular weight excluding hydrogens is 468 g/mol. The maximum atomic E-state index is 6.02. The summed E-state index contributed by atoms with van der Waals surface area (Å²) in [5.41, 5.74) is 9.00. The van der Waals surface area contributed by atoms with E-state index in [1.54, 1.807) is 7.11 Å². The summed E-state index contributed by atoms with van der Waals surface area (Å²) >= 11 is 0. The largest absolute Gasteiger partial charge is 0.495 e. The van der Waals surface area contributed by atoms with Gasteiger partial charge >= 0.3 is 0 Å². The molecule has 192 valence electrons. The first-order valence-electron chi connectivity index (χ1n) is 14.2. The molecule has 2 heterocycles. The number of benzene rings is 3. The van der Waals surface area contributed by atoms with Crippen LogP contribution in [0.3, 0.4) is 0 Å². The molecule has 5 aromatic rings. The van der Waals surface area contributed by atoms with Gasteiger partial charge in [0, 0.05) is 6.04 Å². The van der Waals surface area contributed by atoms with E-state index in [4.69, 9.17) is 9.72 Å². The Hall–Kier alpha value is -3.60. The van der Waals surface area contributed by atoms with Crippen LogP contribution in [0, 0.1) is 17.3 Å². The Balaban J connectivity index is 1.15. The minimum absolute atomic E-state index is 0.321. The normalized spacial score (nSPS) is 28.3. The molecule has 0 saturated heterocycles. The molecule has 38 heavy (non-hydrogen) atoms. The van der Waals surface area contributed by atoms with E-state index < -0.39 is 0 Å². The second-order valence-corrected chi connectivity index (χ2v) is 12.0. The van der Waals surface area contributed by atoms with E-state index in [1.165, 1.54) is 48.7 Å². The van der Waals surface area contributed by atoms with Gasteiger partial charge in [-0.3, -0.25) is 4.57 Å². The number of para-hydroxylation sites is 4. The van der Waals surface area contributed by atoms with E-state index in [-0.39, 0.29) is 0 Å². The third kappa shape index (κ3) is 3.05. The van der Waals surface area contributed by atoms with Crippen molar-refractivity contribution in [3.05, 3.63) is 84.4 Å². The van der Waals surface area contributed by atoms with Gasteiger partial charge < -0.3 is 9.30 Å². The molecule has 3 aliphatic rings. The number of nitrogens with zero attached hydrogens (tertiary/aromatic N) is 4. The van der Waals surface area contributed by atoms with Crippen molar-refractivity contribution < 1.29 is 4.74 Å². The lowest BCUT2D eigenvalue weighted by Crippen LogP contribution is -2.42. The highest BCUT2D eigenvalue weighted by atomic mass is 16.5. The first-order valence-corrected chi connectivity index (χ1v) is 14.2. The molecule has 1 unspecified atom stereocenters. The van der Waals surface area contributed by atoms with Gasteiger partial charge in [0.05, 0.1) is 41.2 Å². The van der Waals surface area contributed by atoms with Crippen LogP contribution in [0.2, 0.25) is 0 Å². The fourth-order valence-electron chi connectivity index (χ4n) is 8.75. The molecule has 5 nitrogen and oxygen atoms in total. The van der Waals surface area contributed by atoms with Crippen LogP contribution in [0.5, 0.6) is 5.75 Å². The van der Waals surface area contributed by atoms with Crippen LogP contribution >= 0.6 is 0 Å². The van der Waals surface area contributed by atoms with E-state index in [9.17, 15) is 0 Å². The van der Waals surface area contributed by atoms with Crippen molar-refractivity contribution in [1.29, 1.82) is 0 Å². The Labute approximate surface area is 223 Å². The standard InChI is InChI=1S/C33H34N4O/c1-33-16-15-22-23(25(33)13-14-32(33)37-20-35-27-8-4-6-10-29(27)37)12-11-21-17-30(31(38-2)18-24(21)22)36-19-34-26-7-3-5-9-28(26)36/h3-10,17-20,22-23,25,32H,11-16H2,1-2H3/t22-,23+,25-,32?,33-/m0/s1. The zero-order valence-electron chi connectivity index (χ0n) is 22.2. The zero-order valence-corrected chi connectivity index (χ0v) is 22.2. The third-order valence-corrected chi connectivity index (χ3v) is 10.5. The van der Waals surface area contributed by atoms with Crippen LogP contribution < -0.4 is 4.74 Å². The summed E-state index contributed by atoms with van der Waals surface area (Å²) in [6.07, 6.45) is 11.6. The molecule has 2 saturated carbocycles. The van der Waals surface area contributed by atoms with E-state index >= 15 is 0 Å². The smallest absolute Gasteiger partial charge is 0.143 e. The minimum Gasteiger partial charge on any atom is -0.495 e. The SMILES string of the molecule is COc1cc2c(cc1-n1cnc3ccccc31)CC[C@@H]1[C@@H]2CC[C@]2(C)C(n3cnc4ccccc43)CC[C@@H]12. The fraction of sp³-hybridized carbons (Fsp3) is 0.394. The van der Waals surface area contributed by atoms with Crippen molar-refractivity contribution in [2.24, 2.45) is 17.3 Å². The summed E-state index contributed by atoms with van der Waals surface area (Å²) in [4.78, 5) is 9.39. The number of rotatable bonds is 3. The summed E-state index contributed by atoms with van der Waals surface area (Å²) in [7, 11) is 1.81. The lowest BCUT2D eigenvalue weighted by atomic mass is 9.55. The van der Waals surface area contributed by atoms with Crippen molar-refractivity contribution in [1.82, 2.24) is 19.1 Å². The van der Waals surface area contributed by atoms with Crippen LogP contribution in [-0.2, 0) is 6.42 Å². The van der Waals surface area contributed by atoms with Crippen molar-refractivity contribution in [3.8, 4) is 11.4 Å². The molecule has 3 aromatic carbocycles. The molecule has 5 atom stereocenters.